The summed E-state index contributed by atoms with van der Waals surface area (Å²) in [5, 5.41) is 0. The Morgan fingerprint density at radius 3 is 1.83 bits per heavy atom. The molecule has 0 aliphatic rings. The molecule has 0 bridgehead atoms. The SMILES string of the molecule is CCC[Si](C)(CCC)CCCN. The molecule has 0 aliphatic heterocycles. The van der Waals surface area contributed by atoms with E-state index in [-0.39, 0.29) is 0 Å². The summed E-state index contributed by atoms with van der Waals surface area (Å²) in [6, 6.07) is 4.45. The molecule has 1 nitrogen and oxygen atoms in total. The van der Waals surface area contributed by atoms with Crippen LogP contribution in [-0.4, -0.2) is 14.6 Å². The smallest absolute Gasteiger partial charge is 0.0505 e. The molecule has 0 saturated carbocycles. The standard InChI is InChI=1S/C10H25NSi/c1-4-8-12(3,9-5-2)10-6-7-11/h4-11H2,1-3H3. The van der Waals surface area contributed by atoms with Gasteiger partial charge in [0.15, 0.2) is 0 Å². The van der Waals surface area contributed by atoms with Crippen LogP contribution in [0.25, 0.3) is 0 Å². The topological polar surface area (TPSA) is 26.0 Å². The van der Waals surface area contributed by atoms with Gasteiger partial charge in [0.2, 0.25) is 0 Å². The first-order chi connectivity index (χ1) is 5.68. The van der Waals surface area contributed by atoms with E-state index in [9.17, 15) is 0 Å². The van der Waals surface area contributed by atoms with E-state index in [0.717, 1.165) is 6.54 Å². The molecule has 0 radical (unpaired) electrons. The summed E-state index contributed by atoms with van der Waals surface area (Å²) in [6.45, 7) is 8.05. The van der Waals surface area contributed by atoms with Gasteiger partial charge in [-0.05, 0) is 13.0 Å². The lowest BCUT2D eigenvalue weighted by Crippen LogP contribution is -2.29. The highest BCUT2D eigenvalue weighted by molar-refractivity contribution is 6.78. The van der Waals surface area contributed by atoms with Crippen molar-refractivity contribution in [2.24, 2.45) is 5.73 Å². The van der Waals surface area contributed by atoms with Crippen molar-refractivity contribution < 1.29 is 0 Å². The summed E-state index contributed by atoms with van der Waals surface area (Å²) >= 11 is 0. The van der Waals surface area contributed by atoms with E-state index < -0.39 is 8.07 Å². The molecule has 0 aromatic rings. The van der Waals surface area contributed by atoms with Crippen LogP contribution in [0, 0.1) is 0 Å². The van der Waals surface area contributed by atoms with E-state index in [4.69, 9.17) is 5.73 Å². The van der Waals surface area contributed by atoms with Crippen molar-refractivity contribution in [1.82, 2.24) is 0 Å². The third kappa shape index (κ3) is 4.94. The molecule has 0 aliphatic carbocycles. The Balaban J connectivity index is 3.80. The van der Waals surface area contributed by atoms with E-state index in [1.165, 1.54) is 37.4 Å². The van der Waals surface area contributed by atoms with Crippen LogP contribution >= 0.6 is 0 Å². The minimum absolute atomic E-state index is 0.850. The minimum atomic E-state index is -0.850. The van der Waals surface area contributed by atoms with Crippen LogP contribution in [0.5, 0.6) is 0 Å². The third-order valence-corrected chi connectivity index (χ3v) is 7.67. The van der Waals surface area contributed by atoms with Gasteiger partial charge in [0.1, 0.15) is 0 Å². The quantitative estimate of drug-likeness (QED) is 0.608. The fraction of sp³-hybridized carbons (Fsp3) is 1.00. The van der Waals surface area contributed by atoms with E-state index >= 15 is 0 Å². The first-order valence-corrected chi connectivity index (χ1v) is 8.50. The van der Waals surface area contributed by atoms with Crippen molar-refractivity contribution in [2.45, 2.75) is 57.8 Å². The average Bonchev–Trinajstić information content (AvgIpc) is 2.02. The zero-order chi connectivity index (χ0) is 9.45. The Morgan fingerprint density at radius 2 is 1.50 bits per heavy atom. The molecule has 0 fully saturated rings. The van der Waals surface area contributed by atoms with Gasteiger partial charge in [0, 0.05) is 0 Å². The number of hydrogen-bond acceptors (Lipinski definition) is 1. The largest absolute Gasteiger partial charge is 0.330 e. The molecule has 0 saturated heterocycles. The first kappa shape index (κ1) is 12.2. The Morgan fingerprint density at radius 1 is 1.00 bits per heavy atom. The van der Waals surface area contributed by atoms with Crippen LogP contribution in [-0.2, 0) is 0 Å². The number of rotatable bonds is 7. The maximum absolute atomic E-state index is 5.55. The van der Waals surface area contributed by atoms with Crippen LogP contribution in [0.2, 0.25) is 24.7 Å². The molecule has 2 heteroatoms. The summed E-state index contributed by atoms with van der Waals surface area (Å²) in [6.07, 6.45) is 3.99. The van der Waals surface area contributed by atoms with Crippen LogP contribution in [0.3, 0.4) is 0 Å². The van der Waals surface area contributed by atoms with Crippen molar-refractivity contribution in [3.05, 3.63) is 0 Å². The fourth-order valence-corrected chi connectivity index (χ4v) is 6.33. The van der Waals surface area contributed by atoms with Crippen molar-refractivity contribution >= 4 is 8.07 Å². The predicted octanol–water partition coefficient (Wildman–Crippen LogP) is 3.23. The van der Waals surface area contributed by atoms with Gasteiger partial charge in [-0.2, -0.15) is 0 Å². The lowest BCUT2D eigenvalue weighted by molar-refractivity contribution is 0.874. The molecule has 0 amide bonds. The number of nitrogens with two attached hydrogens (primary N) is 1. The van der Waals surface area contributed by atoms with E-state index in [1.807, 2.05) is 0 Å². The average molecular weight is 187 g/mol. The van der Waals surface area contributed by atoms with Crippen LogP contribution in [0.15, 0.2) is 0 Å². The molecule has 0 atom stereocenters. The summed E-state index contributed by atoms with van der Waals surface area (Å²) in [5.41, 5.74) is 5.55. The molecule has 0 spiro atoms. The third-order valence-electron chi connectivity index (χ3n) is 2.69. The van der Waals surface area contributed by atoms with Gasteiger partial charge in [0.25, 0.3) is 0 Å². The van der Waals surface area contributed by atoms with Crippen LogP contribution in [0.1, 0.15) is 33.1 Å². The second-order valence-corrected chi connectivity index (χ2v) is 9.32. The van der Waals surface area contributed by atoms with Gasteiger partial charge in [0.05, 0.1) is 8.07 Å². The molecule has 12 heavy (non-hydrogen) atoms. The highest BCUT2D eigenvalue weighted by Crippen LogP contribution is 2.25. The Kier molecular flexibility index (Phi) is 6.77. The molecule has 0 rings (SSSR count). The van der Waals surface area contributed by atoms with E-state index in [1.54, 1.807) is 0 Å². The predicted molar refractivity (Wildman–Crippen MR) is 60.3 cm³/mol. The molecule has 0 aromatic heterocycles. The van der Waals surface area contributed by atoms with E-state index in [0.29, 0.717) is 0 Å². The zero-order valence-electron chi connectivity index (χ0n) is 9.03. The van der Waals surface area contributed by atoms with Crippen molar-refractivity contribution in [2.75, 3.05) is 6.54 Å². The lowest BCUT2D eigenvalue weighted by Gasteiger charge is -2.26. The zero-order valence-corrected chi connectivity index (χ0v) is 10.0. The lowest BCUT2D eigenvalue weighted by atomic mass is 10.5. The minimum Gasteiger partial charge on any atom is -0.330 e. The second kappa shape index (κ2) is 6.67. The van der Waals surface area contributed by atoms with Gasteiger partial charge in [-0.15, -0.1) is 0 Å². The summed E-state index contributed by atoms with van der Waals surface area (Å²) in [4.78, 5) is 0. The van der Waals surface area contributed by atoms with Crippen LogP contribution < -0.4 is 5.73 Å². The van der Waals surface area contributed by atoms with Gasteiger partial charge in [-0.3, -0.25) is 0 Å². The highest BCUT2D eigenvalue weighted by Gasteiger charge is 2.23. The summed E-state index contributed by atoms with van der Waals surface area (Å²) in [7, 11) is -0.850. The maximum atomic E-state index is 5.55. The second-order valence-electron chi connectivity index (χ2n) is 4.20. The maximum Gasteiger partial charge on any atom is 0.0505 e. The molecule has 0 heterocycles. The molecule has 74 valence electrons. The van der Waals surface area contributed by atoms with Crippen molar-refractivity contribution in [3.8, 4) is 0 Å². The van der Waals surface area contributed by atoms with Gasteiger partial charge >= 0.3 is 0 Å². The highest BCUT2D eigenvalue weighted by atomic mass is 28.3. The van der Waals surface area contributed by atoms with E-state index in [2.05, 4.69) is 20.4 Å². The summed E-state index contributed by atoms with van der Waals surface area (Å²) < 4.78 is 0. The van der Waals surface area contributed by atoms with Gasteiger partial charge < -0.3 is 5.73 Å². The molecule has 0 unspecified atom stereocenters. The van der Waals surface area contributed by atoms with Gasteiger partial charge in [-0.1, -0.05) is 51.4 Å². The monoisotopic (exact) mass is 187 g/mol. The van der Waals surface area contributed by atoms with Crippen LogP contribution in [0.4, 0.5) is 0 Å². The summed E-state index contributed by atoms with van der Waals surface area (Å²) in [5.74, 6) is 0. The Hall–Kier alpha value is 0.177. The molecular formula is C10H25NSi. The van der Waals surface area contributed by atoms with Crippen molar-refractivity contribution in [3.63, 3.8) is 0 Å². The fourth-order valence-electron chi connectivity index (χ4n) is 2.11. The molecule has 2 N–H and O–H groups in total. The number of hydrogen-bond donors (Lipinski definition) is 1. The van der Waals surface area contributed by atoms with Crippen molar-refractivity contribution in [1.29, 1.82) is 0 Å². The molecule has 0 aromatic carbocycles. The Labute approximate surface area is 78.7 Å². The normalized spacial score (nSPS) is 12.0. The molecular weight excluding hydrogens is 162 g/mol. The first-order valence-electron chi connectivity index (χ1n) is 5.38. The van der Waals surface area contributed by atoms with Gasteiger partial charge in [-0.25, -0.2) is 0 Å². The Bertz CT molecular complexity index is 98.0.